The van der Waals surface area contributed by atoms with E-state index in [1.165, 1.54) is 21.2 Å². The zero-order valence-electron chi connectivity index (χ0n) is 9.10. The molecule has 0 aliphatic carbocycles. The third-order valence-corrected chi connectivity index (χ3v) is 3.40. The summed E-state index contributed by atoms with van der Waals surface area (Å²) >= 11 is 3.53. The molecule has 0 saturated heterocycles. The molecule has 14 heavy (non-hydrogen) atoms. The molecule has 78 valence electrons. The van der Waals surface area contributed by atoms with Crippen LogP contribution in [0.25, 0.3) is 0 Å². The lowest BCUT2D eigenvalue weighted by molar-refractivity contribution is 0.634. The Balaban J connectivity index is 3.02. The van der Waals surface area contributed by atoms with Gasteiger partial charge in [-0.3, -0.25) is 0 Å². The number of rotatable bonds is 3. The zero-order valence-corrected chi connectivity index (χ0v) is 10.7. The Morgan fingerprint density at radius 1 is 1.29 bits per heavy atom. The summed E-state index contributed by atoms with van der Waals surface area (Å²) in [6, 6.07) is 4.53. The first kappa shape index (κ1) is 11.7. The van der Waals surface area contributed by atoms with Gasteiger partial charge in [-0.05, 0) is 43.0 Å². The van der Waals surface area contributed by atoms with Crippen LogP contribution < -0.4 is 5.73 Å². The number of hydrogen-bond acceptors (Lipinski definition) is 1. The lowest BCUT2D eigenvalue weighted by Crippen LogP contribution is -2.11. The minimum atomic E-state index is 0.187. The second-order valence-electron chi connectivity index (χ2n) is 3.85. The van der Waals surface area contributed by atoms with Crippen LogP contribution in [0.5, 0.6) is 0 Å². The lowest BCUT2D eigenvalue weighted by Gasteiger charge is -2.15. The Morgan fingerprint density at radius 2 is 1.93 bits per heavy atom. The van der Waals surface area contributed by atoms with E-state index in [9.17, 15) is 0 Å². The van der Waals surface area contributed by atoms with Gasteiger partial charge in [-0.25, -0.2) is 0 Å². The van der Waals surface area contributed by atoms with E-state index in [1.54, 1.807) is 0 Å². The fourth-order valence-corrected chi connectivity index (χ4v) is 2.13. The molecule has 1 aromatic rings. The van der Waals surface area contributed by atoms with Crippen LogP contribution in [0.4, 0.5) is 0 Å². The van der Waals surface area contributed by atoms with Crippen LogP contribution in [-0.4, -0.2) is 0 Å². The Hall–Kier alpha value is -0.340. The van der Waals surface area contributed by atoms with Gasteiger partial charge in [-0.1, -0.05) is 35.3 Å². The maximum atomic E-state index is 6.11. The summed E-state index contributed by atoms with van der Waals surface area (Å²) in [5.41, 5.74) is 9.94. The molecule has 0 bridgehead atoms. The second-order valence-corrected chi connectivity index (χ2v) is 4.71. The van der Waals surface area contributed by atoms with E-state index in [1.807, 2.05) is 0 Å². The molecular formula is C12H18BrN. The number of hydrogen-bond donors (Lipinski definition) is 1. The van der Waals surface area contributed by atoms with Gasteiger partial charge in [0, 0.05) is 10.5 Å². The number of halogens is 1. The van der Waals surface area contributed by atoms with Gasteiger partial charge in [0.25, 0.3) is 0 Å². The average molecular weight is 256 g/mol. The van der Waals surface area contributed by atoms with Crippen LogP contribution in [0.1, 0.15) is 42.5 Å². The first-order valence-electron chi connectivity index (χ1n) is 5.08. The quantitative estimate of drug-likeness (QED) is 0.872. The highest BCUT2D eigenvalue weighted by atomic mass is 79.9. The Labute approximate surface area is 94.8 Å². The first-order chi connectivity index (χ1) is 6.56. The maximum absolute atomic E-state index is 6.11. The van der Waals surface area contributed by atoms with Gasteiger partial charge >= 0.3 is 0 Å². The van der Waals surface area contributed by atoms with E-state index in [-0.39, 0.29) is 6.04 Å². The van der Waals surface area contributed by atoms with E-state index < -0.39 is 0 Å². The van der Waals surface area contributed by atoms with Crippen LogP contribution >= 0.6 is 15.9 Å². The number of nitrogens with two attached hydrogens (primary N) is 1. The predicted octanol–water partition coefficient (Wildman–Crippen LogP) is 3.87. The fourth-order valence-electron chi connectivity index (χ4n) is 1.67. The Kier molecular flexibility index (Phi) is 4.14. The monoisotopic (exact) mass is 255 g/mol. The van der Waals surface area contributed by atoms with Crippen molar-refractivity contribution in [1.82, 2.24) is 0 Å². The van der Waals surface area contributed by atoms with Crippen molar-refractivity contribution in [3.05, 3.63) is 33.3 Å². The highest BCUT2D eigenvalue weighted by Crippen LogP contribution is 2.26. The van der Waals surface area contributed by atoms with E-state index in [4.69, 9.17) is 5.73 Å². The van der Waals surface area contributed by atoms with Crippen LogP contribution in [0.2, 0.25) is 0 Å². The molecule has 0 spiro atoms. The first-order valence-corrected chi connectivity index (χ1v) is 5.87. The molecule has 2 heteroatoms. The molecule has 0 heterocycles. The molecule has 0 amide bonds. The van der Waals surface area contributed by atoms with Crippen molar-refractivity contribution in [2.45, 2.75) is 39.7 Å². The average Bonchev–Trinajstić information content (AvgIpc) is 2.11. The van der Waals surface area contributed by atoms with Crippen molar-refractivity contribution < 1.29 is 0 Å². The van der Waals surface area contributed by atoms with Gasteiger partial charge in [0.15, 0.2) is 0 Å². The Bertz CT molecular complexity index is 320. The van der Waals surface area contributed by atoms with Crippen molar-refractivity contribution in [1.29, 1.82) is 0 Å². The van der Waals surface area contributed by atoms with Crippen LogP contribution in [-0.2, 0) is 0 Å². The maximum Gasteiger partial charge on any atom is 0.0297 e. The summed E-state index contributed by atoms with van der Waals surface area (Å²) < 4.78 is 1.17. The van der Waals surface area contributed by atoms with Gasteiger partial charge in [0.2, 0.25) is 0 Å². The van der Waals surface area contributed by atoms with Crippen LogP contribution in [0.3, 0.4) is 0 Å². The SMILES string of the molecule is CCCC(N)c1cc(C)c(Br)cc1C. The number of benzene rings is 1. The Morgan fingerprint density at radius 3 is 2.50 bits per heavy atom. The summed E-state index contributed by atoms with van der Waals surface area (Å²) in [6.07, 6.45) is 2.19. The van der Waals surface area contributed by atoms with Crippen molar-refractivity contribution >= 4 is 15.9 Å². The summed E-state index contributed by atoms with van der Waals surface area (Å²) in [5.74, 6) is 0. The zero-order chi connectivity index (χ0) is 10.7. The summed E-state index contributed by atoms with van der Waals surface area (Å²) in [4.78, 5) is 0. The van der Waals surface area contributed by atoms with Gasteiger partial charge in [0.05, 0.1) is 0 Å². The lowest BCUT2D eigenvalue weighted by atomic mass is 9.97. The van der Waals surface area contributed by atoms with Crippen molar-refractivity contribution in [3.8, 4) is 0 Å². The number of aryl methyl sites for hydroxylation is 2. The molecule has 1 nitrogen and oxygen atoms in total. The molecule has 1 atom stereocenters. The van der Waals surface area contributed by atoms with Gasteiger partial charge < -0.3 is 5.73 Å². The third-order valence-electron chi connectivity index (χ3n) is 2.55. The van der Waals surface area contributed by atoms with Crippen molar-refractivity contribution in [2.75, 3.05) is 0 Å². The fraction of sp³-hybridized carbons (Fsp3) is 0.500. The summed E-state index contributed by atoms with van der Waals surface area (Å²) in [5, 5.41) is 0. The van der Waals surface area contributed by atoms with Gasteiger partial charge in [-0.2, -0.15) is 0 Å². The second kappa shape index (κ2) is 4.94. The standard InChI is InChI=1S/C12H18BrN/c1-4-5-12(14)10-6-9(3)11(13)7-8(10)2/h6-7,12H,4-5,14H2,1-3H3. The third kappa shape index (κ3) is 2.58. The molecule has 2 N–H and O–H groups in total. The van der Waals surface area contributed by atoms with Crippen LogP contribution in [0.15, 0.2) is 16.6 Å². The van der Waals surface area contributed by atoms with E-state index in [2.05, 4.69) is 48.8 Å². The van der Waals surface area contributed by atoms with E-state index in [0.717, 1.165) is 12.8 Å². The largest absolute Gasteiger partial charge is 0.324 e. The molecule has 0 aromatic heterocycles. The van der Waals surface area contributed by atoms with Crippen molar-refractivity contribution in [2.24, 2.45) is 5.73 Å². The van der Waals surface area contributed by atoms with Crippen LogP contribution in [0, 0.1) is 13.8 Å². The highest BCUT2D eigenvalue weighted by molar-refractivity contribution is 9.10. The molecule has 0 aliphatic rings. The molecule has 0 fully saturated rings. The minimum Gasteiger partial charge on any atom is -0.324 e. The van der Waals surface area contributed by atoms with E-state index in [0.29, 0.717) is 0 Å². The molecule has 0 saturated carbocycles. The normalized spacial score (nSPS) is 12.9. The van der Waals surface area contributed by atoms with Gasteiger partial charge in [0.1, 0.15) is 0 Å². The molecule has 0 aliphatic heterocycles. The molecule has 0 radical (unpaired) electrons. The molecule has 1 rings (SSSR count). The summed E-state index contributed by atoms with van der Waals surface area (Å²) in [6.45, 7) is 6.39. The van der Waals surface area contributed by atoms with Crippen molar-refractivity contribution in [3.63, 3.8) is 0 Å². The van der Waals surface area contributed by atoms with E-state index >= 15 is 0 Å². The molecular weight excluding hydrogens is 238 g/mol. The summed E-state index contributed by atoms with van der Waals surface area (Å²) in [7, 11) is 0. The minimum absolute atomic E-state index is 0.187. The van der Waals surface area contributed by atoms with Gasteiger partial charge in [-0.15, -0.1) is 0 Å². The highest BCUT2D eigenvalue weighted by Gasteiger charge is 2.09. The molecule has 1 aromatic carbocycles. The predicted molar refractivity (Wildman–Crippen MR) is 65.5 cm³/mol. The topological polar surface area (TPSA) is 26.0 Å². The molecule has 1 unspecified atom stereocenters. The smallest absolute Gasteiger partial charge is 0.0297 e.